The lowest BCUT2D eigenvalue weighted by Gasteiger charge is -2.14. The van der Waals surface area contributed by atoms with Gasteiger partial charge in [-0.2, -0.15) is 0 Å². The summed E-state index contributed by atoms with van der Waals surface area (Å²) in [4.78, 5) is 23.8. The van der Waals surface area contributed by atoms with Crippen LogP contribution in [0.3, 0.4) is 0 Å². The summed E-state index contributed by atoms with van der Waals surface area (Å²) < 4.78 is 5.38. The van der Waals surface area contributed by atoms with E-state index in [1.165, 1.54) is 6.92 Å². The lowest BCUT2D eigenvalue weighted by atomic mass is 10.1. The number of carbonyl (C=O) groups is 2. The highest BCUT2D eigenvalue weighted by molar-refractivity contribution is 5.88. The molecular formula is C29H39NO3. The lowest BCUT2D eigenvalue weighted by Crippen LogP contribution is -2.32. The number of esters is 1. The Kier molecular flexibility index (Phi) is 14.7. The second kappa shape index (κ2) is 17.4. The Morgan fingerprint density at radius 1 is 1.03 bits per heavy atom. The minimum atomic E-state index is -0.324. The van der Waals surface area contributed by atoms with Crippen molar-refractivity contribution in [1.29, 1.82) is 0 Å². The van der Waals surface area contributed by atoms with E-state index in [0.717, 1.165) is 36.8 Å². The molecule has 0 aromatic rings. The number of ether oxygens (including phenoxy) is 1. The highest BCUT2D eigenvalue weighted by Gasteiger charge is 2.07. The van der Waals surface area contributed by atoms with Gasteiger partial charge in [-0.1, -0.05) is 97.4 Å². The van der Waals surface area contributed by atoms with Gasteiger partial charge in [-0.15, -0.1) is 0 Å². The first kappa shape index (κ1) is 27.9. The van der Waals surface area contributed by atoms with E-state index in [1.54, 1.807) is 12.2 Å². The first-order valence-electron chi connectivity index (χ1n) is 11.7. The third-order valence-corrected chi connectivity index (χ3v) is 4.81. The van der Waals surface area contributed by atoms with Crippen molar-refractivity contribution in [3.05, 3.63) is 96.2 Å². The van der Waals surface area contributed by atoms with Crippen LogP contribution in [0, 0.1) is 0 Å². The average molecular weight is 450 g/mol. The lowest BCUT2D eigenvalue weighted by molar-refractivity contribution is -0.144. The summed E-state index contributed by atoms with van der Waals surface area (Å²) in [6, 6.07) is 0.0492. The number of carbonyl (C=O) groups excluding carboxylic acids is 2. The zero-order chi connectivity index (χ0) is 24.3. The molecule has 0 saturated heterocycles. The van der Waals surface area contributed by atoms with Gasteiger partial charge in [-0.05, 0) is 39.2 Å². The van der Waals surface area contributed by atoms with Gasteiger partial charge >= 0.3 is 5.97 Å². The fraction of sp³-hybridized carbons (Fsp3) is 0.379. The summed E-state index contributed by atoms with van der Waals surface area (Å²) in [6.45, 7) is 7.57. The summed E-state index contributed by atoms with van der Waals surface area (Å²) in [5, 5.41) is 3.09. The Morgan fingerprint density at radius 2 is 1.76 bits per heavy atom. The highest BCUT2D eigenvalue weighted by Crippen LogP contribution is 2.08. The number of nitrogens with one attached hydrogen (secondary N) is 1. The van der Waals surface area contributed by atoms with Gasteiger partial charge in [-0.25, -0.2) is 0 Å². The van der Waals surface area contributed by atoms with Crippen molar-refractivity contribution in [2.75, 3.05) is 0 Å². The van der Waals surface area contributed by atoms with E-state index in [2.05, 4.69) is 30.5 Å². The first-order valence-corrected chi connectivity index (χ1v) is 11.7. The monoisotopic (exact) mass is 449 g/mol. The minimum Gasteiger partial charge on any atom is -0.458 e. The molecule has 0 unspecified atom stereocenters. The molecule has 1 amide bonds. The molecule has 0 bridgehead atoms. The van der Waals surface area contributed by atoms with Gasteiger partial charge in [0.15, 0.2) is 0 Å². The van der Waals surface area contributed by atoms with Crippen molar-refractivity contribution in [1.82, 2.24) is 5.32 Å². The fourth-order valence-electron chi connectivity index (χ4n) is 3.02. The van der Waals surface area contributed by atoms with Crippen LogP contribution in [0.15, 0.2) is 96.2 Å². The van der Waals surface area contributed by atoms with E-state index < -0.39 is 0 Å². The van der Waals surface area contributed by atoms with Crippen molar-refractivity contribution in [2.24, 2.45) is 0 Å². The summed E-state index contributed by atoms with van der Waals surface area (Å²) in [5.41, 5.74) is 2.12. The normalized spacial score (nSPS) is 28.9. The van der Waals surface area contributed by atoms with E-state index in [-0.39, 0.29) is 24.0 Å². The quantitative estimate of drug-likeness (QED) is 0.379. The molecule has 2 atom stereocenters. The molecule has 1 rings (SSSR count). The fourth-order valence-corrected chi connectivity index (χ4v) is 3.02. The molecule has 1 aliphatic rings. The molecule has 0 spiro atoms. The third-order valence-electron chi connectivity index (χ3n) is 4.81. The van der Waals surface area contributed by atoms with Crippen LogP contribution in [-0.4, -0.2) is 24.0 Å². The Bertz CT molecular complexity index is 850. The molecule has 178 valence electrons. The SMILES string of the molecule is CCC/C=C/C[C@H]1C/C=C/C=C(C)/C=C/C=C\[C@H](OC(C)=O)C/C=C(C)/C=C/C=C/C(=O)N1. The standard InChI is InChI=1S/C29H39NO3/c1-5-6-7-8-18-27-19-12-9-15-24(2)16-10-13-20-28(33-26(4)31)23-22-25(3)17-11-14-21-29(32)30-27/h7-17,20-22,27-28H,5-6,18-19,23H2,1-4H3,(H,30,32)/b8-7+,12-9+,16-10+,17-11+,20-13-,21-14+,24-15+,25-22+/t27-,28-/m0/s1. The van der Waals surface area contributed by atoms with Gasteiger partial charge in [-0.3, -0.25) is 9.59 Å². The van der Waals surface area contributed by atoms with Crippen LogP contribution in [0.25, 0.3) is 0 Å². The zero-order valence-electron chi connectivity index (χ0n) is 20.5. The van der Waals surface area contributed by atoms with Crippen LogP contribution >= 0.6 is 0 Å². The first-order chi connectivity index (χ1) is 15.9. The topological polar surface area (TPSA) is 55.4 Å². The Labute approximate surface area is 199 Å². The number of hydrogen-bond acceptors (Lipinski definition) is 3. The predicted octanol–water partition coefficient (Wildman–Crippen LogP) is 6.62. The third kappa shape index (κ3) is 15.3. The van der Waals surface area contributed by atoms with Crippen molar-refractivity contribution < 1.29 is 14.3 Å². The molecule has 33 heavy (non-hydrogen) atoms. The van der Waals surface area contributed by atoms with Gasteiger partial charge in [0.1, 0.15) is 6.10 Å². The van der Waals surface area contributed by atoms with Gasteiger partial charge < -0.3 is 10.1 Å². The van der Waals surface area contributed by atoms with Crippen LogP contribution in [0.1, 0.15) is 59.8 Å². The zero-order valence-corrected chi connectivity index (χ0v) is 20.5. The molecule has 0 fully saturated rings. The molecular weight excluding hydrogens is 410 g/mol. The van der Waals surface area contributed by atoms with Crippen LogP contribution in [0.4, 0.5) is 0 Å². The van der Waals surface area contributed by atoms with E-state index in [4.69, 9.17) is 4.74 Å². The van der Waals surface area contributed by atoms with Crippen molar-refractivity contribution in [3.8, 4) is 0 Å². The largest absolute Gasteiger partial charge is 0.458 e. The average Bonchev–Trinajstić information content (AvgIpc) is 2.77. The van der Waals surface area contributed by atoms with Crippen LogP contribution < -0.4 is 5.32 Å². The van der Waals surface area contributed by atoms with Crippen LogP contribution in [0.2, 0.25) is 0 Å². The molecule has 1 aliphatic heterocycles. The minimum absolute atomic E-state index is 0.0492. The van der Waals surface area contributed by atoms with Crippen molar-refractivity contribution in [2.45, 2.75) is 71.9 Å². The molecule has 4 heteroatoms. The molecule has 4 nitrogen and oxygen atoms in total. The second-order valence-electron chi connectivity index (χ2n) is 8.07. The molecule has 1 N–H and O–H groups in total. The van der Waals surface area contributed by atoms with E-state index in [0.29, 0.717) is 6.42 Å². The molecule has 0 saturated carbocycles. The summed E-state index contributed by atoms with van der Waals surface area (Å²) in [5.74, 6) is -0.410. The van der Waals surface area contributed by atoms with Crippen molar-refractivity contribution in [3.63, 3.8) is 0 Å². The molecule has 0 radical (unpaired) electrons. The van der Waals surface area contributed by atoms with Crippen LogP contribution in [0.5, 0.6) is 0 Å². The smallest absolute Gasteiger partial charge is 0.303 e. The second-order valence-corrected chi connectivity index (χ2v) is 8.07. The number of allylic oxidation sites excluding steroid dienone is 11. The summed E-state index contributed by atoms with van der Waals surface area (Å²) in [6.07, 6.45) is 31.3. The number of amides is 1. The van der Waals surface area contributed by atoms with E-state index in [9.17, 15) is 9.59 Å². The van der Waals surface area contributed by atoms with Gasteiger partial charge in [0.2, 0.25) is 5.91 Å². The Hall–Kier alpha value is -3.14. The molecule has 0 aliphatic carbocycles. The van der Waals surface area contributed by atoms with Crippen LogP contribution in [-0.2, 0) is 14.3 Å². The highest BCUT2D eigenvalue weighted by atomic mass is 16.5. The van der Waals surface area contributed by atoms with Crippen molar-refractivity contribution >= 4 is 11.9 Å². The maximum Gasteiger partial charge on any atom is 0.303 e. The summed E-state index contributed by atoms with van der Waals surface area (Å²) in [7, 11) is 0. The number of hydrogen-bond donors (Lipinski definition) is 1. The number of rotatable bonds is 5. The molecule has 0 aromatic heterocycles. The Balaban J connectivity index is 3.04. The molecule has 0 aromatic carbocycles. The van der Waals surface area contributed by atoms with Gasteiger partial charge in [0, 0.05) is 25.5 Å². The van der Waals surface area contributed by atoms with Gasteiger partial charge in [0.25, 0.3) is 0 Å². The van der Waals surface area contributed by atoms with Gasteiger partial charge in [0.05, 0.1) is 0 Å². The predicted molar refractivity (Wildman–Crippen MR) is 139 cm³/mol. The maximum absolute atomic E-state index is 12.4. The summed E-state index contributed by atoms with van der Waals surface area (Å²) >= 11 is 0. The van der Waals surface area contributed by atoms with E-state index in [1.807, 2.05) is 68.5 Å². The number of unbranched alkanes of at least 4 members (excludes halogenated alkanes) is 1. The maximum atomic E-state index is 12.4. The Morgan fingerprint density at radius 3 is 2.52 bits per heavy atom. The molecule has 1 heterocycles. The van der Waals surface area contributed by atoms with E-state index >= 15 is 0 Å².